The number of benzene rings is 1. The van der Waals surface area contributed by atoms with Crippen molar-refractivity contribution in [1.29, 1.82) is 0 Å². The summed E-state index contributed by atoms with van der Waals surface area (Å²) < 4.78 is 1.27. The van der Waals surface area contributed by atoms with Crippen LogP contribution in [0.3, 0.4) is 0 Å². The van der Waals surface area contributed by atoms with Gasteiger partial charge in [0.1, 0.15) is 0 Å². The zero-order valence-electron chi connectivity index (χ0n) is 10.5. The molecule has 4 heteroatoms. The zero-order valence-corrected chi connectivity index (χ0v) is 10.5. The molecule has 0 bridgehead atoms. The van der Waals surface area contributed by atoms with E-state index in [9.17, 15) is 9.90 Å². The number of rotatable bonds is 3. The van der Waals surface area contributed by atoms with Crippen LogP contribution in [0.5, 0.6) is 0 Å². The second kappa shape index (κ2) is 5.14. The molecule has 0 fully saturated rings. The lowest BCUT2D eigenvalue weighted by Gasteiger charge is -2.13. The van der Waals surface area contributed by atoms with Gasteiger partial charge in [-0.1, -0.05) is 29.3 Å². The number of hydrogen-bond acceptors (Lipinski definition) is 3. The van der Waals surface area contributed by atoms with E-state index in [4.69, 9.17) is 0 Å². The summed E-state index contributed by atoms with van der Waals surface area (Å²) in [6.45, 7) is 4.13. The van der Waals surface area contributed by atoms with Crippen LogP contribution in [0.2, 0.25) is 0 Å². The molecule has 0 spiro atoms. The summed E-state index contributed by atoms with van der Waals surface area (Å²) in [5.74, 6) is 0. The van der Waals surface area contributed by atoms with Gasteiger partial charge in [0.2, 0.25) is 0 Å². The molecule has 2 aromatic rings. The summed E-state index contributed by atoms with van der Waals surface area (Å²) in [6.07, 6.45) is 0.812. The molecule has 0 aliphatic carbocycles. The minimum Gasteiger partial charge on any atom is -0.386 e. The van der Waals surface area contributed by atoms with Gasteiger partial charge in [0.05, 0.1) is 12.6 Å². The highest BCUT2D eigenvalue weighted by atomic mass is 16.3. The lowest BCUT2D eigenvalue weighted by molar-refractivity contribution is 0.149. The van der Waals surface area contributed by atoms with Gasteiger partial charge in [-0.15, -0.1) is 0 Å². The van der Waals surface area contributed by atoms with E-state index in [0.717, 1.165) is 16.7 Å². The minimum absolute atomic E-state index is 0.169. The van der Waals surface area contributed by atoms with E-state index in [1.165, 1.54) is 16.9 Å². The van der Waals surface area contributed by atoms with Gasteiger partial charge in [-0.2, -0.15) is 5.10 Å². The molecule has 2 rings (SSSR count). The second-order valence-corrected chi connectivity index (χ2v) is 4.48. The molecule has 0 saturated heterocycles. The van der Waals surface area contributed by atoms with Crippen LogP contribution >= 0.6 is 0 Å². The summed E-state index contributed by atoms with van der Waals surface area (Å²) in [7, 11) is 0. The third-order valence-electron chi connectivity index (χ3n) is 2.76. The van der Waals surface area contributed by atoms with Crippen molar-refractivity contribution in [3.63, 3.8) is 0 Å². The third-order valence-corrected chi connectivity index (χ3v) is 2.76. The van der Waals surface area contributed by atoms with Gasteiger partial charge in [0.15, 0.2) is 0 Å². The van der Waals surface area contributed by atoms with Gasteiger partial charge >= 0.3 is 0 Å². The molecule has 1 aromatic carbocycles. The van der Waals surface area contributed by atoms with Gasteiger partial charge in [-0.05, 0) is 25.5 Å². The van der Waals surface area contributed by atoms with Crippen LogP contribution in [-0.4, -0.2) is 14.9 Å². The smallest absolute Gasteiger partial charge is 0.266 e. The average Bonchev–Trinajstić information content (AvgIpc) is 2.31. The molecule has 0 aliphatic heterocycles. The standard InChI is InChI=1S/C14H16N2O2/c1-10-6-11(2)8-12(7-10)13(17)9-16-14(18)4-3-5-15-16/h3-8,13,17H,9H2,1-2H3. The molecule has 1 aromatic heterocycles. The molecule has 94 valence electrons. The highest BCUT2D eigenvalue weighted by molar-refractivity contribution is 5.29. The van der Waals surface area contributed by atoms with Crippen LogP contribution in [-0.2, 0) is 6.54 Å². The van der Waals surface area contributed by atoms with Crippen LogP contribution in [0.1, 0.15) is 22.8 Å². The fourth-order valence-electron chi connectivity index (χ4n) is 2.00. The zero-order chi connectivity index (χ0) is 13.1. The van der Waals surface area contributed by atoms with Crippen molar-refractivity contribution in [2.75, 3.05) is 0 Å². The summed E-state index contributed by atoms with van der Waals surface area (Å²) >= 11 is 0. The summed E-state index contributed by atoms with van der Waals surface area (Å²) in [5, 5.41) is 14.1. The number of aliphatic hydroxyl groups is 1. The van der Waals surface area contributed by atoms with Crippen LogP contribution < -0.4 is 5.56 Å². The Morgan fingerprint density at radius 3 is 2.56 bits per heavy atom. The molecule has 0 amide bonds. The van der Waals surface area contributed by atoms with Crippen molar-refractivity contribution in [1.82, 2.24) is 9.78 Å². The lowest BCUT2D eigenvalue weighted by atomic mass is 10.0. The first-order valence-electron chi connectivity index (χ1n) is 5.84. The first-order valence-corrected chi connectivity index (χ1v) is 5.84. The van der Waals surface area contributed by atoms with E-state index >= 15 is 0 Å². The molecule has 0 saturated carbocycles. The molecule has 0 radical (unpaired) electrons. The van der Waals surface area contributed by atoms with E-state index < -0.39 is 6.10 Å². The maximum absolute atomic E-state index is 11.5. The third kappa shape index (κ3) is 2.84. The number of aliphatic hydroxyl groups excluding tert-OH is 1. The molecule has 4 nitrogen and oxygen atoms in total. The van der Waals surface area contributed by atoms with Crippen LogP contribution in [0.15, 0.2) is 41.3 Å². The van der Waals surface area contributed by atoms with Gasteiger partial charge in [-0.3, -0.25) is 4.79 Å². The minimum atomic E-state index is -0.726. The largest absolute Gasteiger partial charge is 0.386 e. The molecule has 0 aliphatic rings. The van der Waals surface area contributed by atoms with Gasteiger partial charge < -0.3 is 5.11 Å². The maximum Gasteiger partial charge on any atom is 0.266 e. The summed E-state index contributed by atoms with van der Waals surface area (Å²) in [6, 6.07) is 8.91. The fraction of sp³-hybridized carbons (Fsp3) is 0.286. The molecular formula is C14H16N2O2. The SMILES string of the molecule is Cc1cc(C)cc(C(O)Cn2ncccc2=O)c1. The highest BCUT2D eigenvalue weighted by Gasteiger charge is 2.10. The lowest BCUT2D eigenvalue weighted by Crippen LogP contribution is -2.24. The Kier molecular flexibility index (Phi) is 3.58. The van der Waals surface area contributed by atoms with E-state index in [-0.39, 0.29) is 12.1 Å². The van der Waals surface area contributed by atoms with Crippen molar-refractivity contribution in [2.45, 2.75) is 26.5 Å². The number of aromatic nitrogens is 2. The van der Waals surface area contributed by atoms with Crippen molar-refractivity contribution in [3.8, 4) is 0 Å². The number of hydrogen-bond donors (Lipinski definition) is 1. The van der Waals surface area contributed by atoms with Crippen LogP contribution in [0.25, 0.3) is 0 Å². The molecule has 1 atom stereocenters. The first kappa shape index (κ1) is 12.5. The Morgan fingerprint density at radius 1 is 1.28 bits per heavy atom. The van der Waals surface area contributed by atoms with Crippen LogP contribution in [0.4, 0.5) is 0 Å². The van der Waals surface area contributed by atoms with Crippen molar-refractivity contribution >= 4 is 0 Å². The molecule has 1 unspecified atom stereocenters. The van der Waals surface area contributed by atoms with Crippen molar-refractivity contribution in [2.24, 2.45) is 0 Å². The average molecular weight is 244 g/mol. The molecule has 1 heterocycles. The predicted molar refractivity (Wildman–Crippen MR) is 69.4 cm³/mol. The Labute approximate surface area is 106 Å². The fourth-order valence-corrected chi connectivity index (χ4v) is 2.00. The van der Waals surface area contributed by atoms with Gasteiger partial charge in [0, 0.05) is 12.3 Å². The summed E-state index contributed by atoms with van der Waals surface area (Å²) in [5.41, 5.74) is 2.79. The van der Waals surface area contributed by atoms with Gasteiger partial charge in [0.25, 0.3) is 5.56 Å². The molecular weight excluding hydrogens is 228 g/mol. The predicted octanol–water partition coefficient (Wildman–Crippen LogP) is 1.59. The normalized spacial score (nSPS) is 12.4. The highest BCUT2D eigenvalue weighted by Crippen LogP contribution is 2.17. The second-order valence-electron chi connectivity index (χ2n) is 4.48. The molecule has 1 N–H and O–H groups in total. The number of nitrogens with zero attached hydrogens (tertiary/aromatic N) is 2. The quantitative estimate of drug-likeness (QED) is 0.892. The topological polar surface area (TPSA) is 55.1 Å². The van der Waals surface area contributed by atoms with Crippen molar-refractivity contribution < 1.29 is 5.11 Å². The van der Waals surface area contributed by atoms with Gasteiger partial charge in [-0.25, -0.2) is 4.68 Å². The van der Waals surface area contributed by atoms with E-state index in [0.29, 0.717) is 0 Å². The maximum atomic E-state index is 11.5. The van der Waals surface area contributed by atoms with Crippen molar-refractivity contribution in [3.05, 3.63) is 63.6 Å². The Hall–Kier alpha value is -1.94. The van der Waals surface area contributed by atoms with Crippen LogP contribution in [0, 0.1) is 13.8 Å². The van der Waals surface area contributed by atoms with E-state index in [2.05, 4.69) is 5.10 Å². The van der Waals surface area contributed by atoms with E-state index in [1.54, 1.807) is 6.07 Å². The van der Waals surface area contributed by atoms with E-state index in [1.807, 2.05) is 32.0 Å². The Balaban J connectivity index is 2.24. The number of aryl methyl sites for hydroxylation is 2. The molecule has 18 heavy (non-hydrogen) atoms. The first-order chi connectivity index (χ1) is 8.56. The summed E-state index contributed by atoms with van der Waals surface area (Å²) in [4.78, 5) is 11.5. The Bertz CT molecular complexity index is 584. The monoisotopic (exact) mass is 244 g/mol. The Morgan fingerprint density at radius 2 is 1.94 bits per heavy atom.